The molecule has 1 aromatic carbocycles. The maximum absolute atomic E-state index is 10.3. The average Bonchev–Trinajstić information content (AvgIpc) is 2.45. The fraction of sp³-hybridized carbons (Fsp3) is 0.533. The Balaban J connectivity index is 2.26. The van der Waals surface area contributed by atoms with E-state index in [1.807, 2.05) is 24.3 Å². The molecule has 0 aliphatic heterocycles. The molecule has 5 heteroatoms. The van der Waals surface area contributed by atoms with Crippen LogP contribution in [0.15, 0.2) is 24.3 Å². The molecule has 0 aliphatic rings. The second kappa shape index (κ2) is 9.34. The lowest BCUT2D eigenvalue weighted by Crippen LogP contribution is -2.03. The summed E-state index contributed by atoms with van der Waals surface area (Å²) in [6.45, 7) is 0.594. The van der Waals surface area contributed by atoms with E-state index < -0.39 is 5.97 Å². The number of carboxylic acid groups (broad SMARTS) is 1. The number of aliphatic carboxylic acids is 1. The van der Waals surface area contributed by atoms with Crippen LogP contribution in [0.2, 0.25) is 0 Å². The van der Waals surface area contributed by atoms with Crippen molar-refractivity contribution in [1.29, 1.82) is 0 Å². The van der Waals surface area contributed by atoms with E-state index in [9.17, 15) is 4.79 Å². The highest BCUT2D eigenvalue weighted by Gasteiger charge is 2.08. The van der Waals surface area contributed by atoms with E-state index in [0.29, 0.717) is 13.0 Å². The predicted molar refractivity (Wildman–Crippen MR) is 74.8 cm³/mol. The van der Waals surface area contributed by atoms with Gasteiger partial charge in [-0.1, -0.05) is 12.1 Å². The minimum absolute atomic E-state index is 0.226. The number of methoxy groups -OCH3 is 2. The molecule has 0 atom stereocenters. The van der Waals surface area contributed by atoms with Crippen molar-refractivity contribution in [2.24, 2.45) is 0 Å². The molecule has 5 nitrogen and oxygen atoms in total. The Morgan fingerprint density at radius 2 is 1.75 bits per heavy atom. The molecule has 0 amide bonds. The molecular formula is C15H22O5. The Kier molecular flexibility index (Phi) is 7.69. The van der Waals surface area contributed by atoms with Crippen molar-refractivity contribution < 1.29 is 24.1 Å². The van der Waals surface area contributed by atoms with Crippen molar-refractivity contribution >= 4 is 5.97 Å². The highest BCUT2D eigenvalue weighted by Crippen LogP contribution is 2.20. The highest BCUT2D eigenvalue weighted by molar-refractivity contribution is 5.66. The summed E-state index contributed by atoms with van der Waals surface area (Å²) in [6.07, 6.45) is 2.28. The number of rotatable bonds is 10. The normalized spacial score (nSPS) is 10.8. The van der Waals surface area contributed by atoms with Gasteiger partial charge in [0, 0.05) is 26.2 Å². The van der Waals surface area contributed by atoms with E-state index in [0.717, 1.165) is 24.2 Å². The van der Waals surface area contributed by atoms with Crippen LogP contribution in [0.5, 0.6) is 5.75 Å². The number of hydrogen-bond donors (Lipinski definition) is 1. The van der Waals surface area contributed by atoms with Gasteiger partial charge in [0.05, 0.1) is 6.61 Å². The molecule has 0 aromatic heterocycles. The second-order valence-corrected chi connectivity index (χ2v) is 4.43. The maximum atomic E-state index is 10.3. The molecule has 20 heavy (non-hydrogen) atoms. The molecule has 112 valence electrons. The lowest BCUT2D eigenvalue weighted by molar-refractivity contribution is -0.137. The van der Waals surface area contributed by atoms with Crippen molar-refractivity contribution in [3.05, 3.63) is 29.8 Å². The van der Waals surface area contributed by atoms with Crippen molar-refractivity contribution in [2.45, 2.75) is 32.0 Å². The Hall–Kier alpha value is -1.59. The van der Waals surface area contributed by atoms with Crippen molar-refractivity contribution in [1.82, 2.24) is 0 Å². The smallest absolute Gasteiger partial charge is 0.303 e. The zero-order chi connectivity index (χ0) is 14.8. The summed E-state index contributed by atoms with van der Waals surface area (Å²) < 4.78 is 15.9. The lowest BCUT2D eigenvalue weighted by atomic mass is 10.2. The first-order valence-corrected chi connectivity index (χ1v) is 6.67. The summed E-state index contributed by atoms with van der Waals surface area (Å²) in [4.78, 5) is 10.3. The predicted octanol–water partition coefficient (Wildman–Crippen LogP) is 3.00. The van der Waals surface area contributed by atoms with Gasteiger partial charge in [-0.05, 0) is 31.4 Å². The summed E-state index contributed by atoms with van der Waals surface area (Å²) in [5.74, 6) is 0.0466. The van der Waals surface area contributed by atoms with Gasteiger partial charge in [-0.2, -0.15) is 0 Å². The lowest BCUT2D eigenvalue weighted by Gasteiger charge is -2.14. The number of benzene rings is 1. The molecule has 1 N–H and O–H groups in total. The Labute approximate surface area is 119 Å². The first kappa shape index (κ1) is 16.5. The number of hydrogen-bond acceptors (Lipinski definition) is 4. The Bertz CT molecular complexity index is 384. The summed E-state index contributed by atoms with van der Waals surface area (Å²) in [5, 5.41) is 8.51. The van der Waals surface area contributed by atoms with E-state index in [-0.39, 0.29) is 12.7 Å². The summed E-state index contributed by atoms with van der Waals surface area (Å²) >= 11 is 0. The fourth-order valence-corrected chi connectivity index (χ4v) is 1.83. The average molecular weight is 282 g/mol. The van der Waals surface area contributed by atoms with Crippen LogP contribution >= 0.6 is 0 Å². The van der Waals surface area contributed by atoms with Crippen LogP contribution in [-0.2, 0) is 14.3 Å². The van der Waals surface area contributed by atoms with Gasteiger partial charge in [-0.15, -0.1) is 0 Å². The Morgan fingerprint density at radius 1 is 1.10 bits per heavy atom. The van der Waals surface area contributed by atoms with E-state index >= 15 is 0 Å². The van der Waals surface area contributed by atoms with Gasteiger partial charge in [0.25, 0.3) is 0 Å². The van der Waals surface area contributed by atoms with Gasteiger partial charge < -0.3 is 19.3 Å². The van der Waals surface area contributed by atoms with Crippen LogP contribution in [0.25, 0.3) is 0 Å². The third-order valence-electron chi connectivity index (χ3n) is 2.88. The number of unbranched alkanes of at least 4 members (excludes halogenated alkanes) is 2. The summed E-state index contributed by atoms with van der Waals surface area (Å²) in [6, 6.07) is 7.55. The first-order chi connectivity index (χ1) is 9.67. The van der Waals surface area contributed by atoms with Crippen LogP contribution < -0.4 is 4.74 Å². The molecule has 0 radical (unpaired) electrons. The van der Waals surface area contributed by atoms with Gasteiger partial charge >= 0.3 is 5.97 Å². The van der Waals surface area contributed by atoms with Crippen molar-refractivity contribution in [3.8, 4) is 5.75 Å². The zero-order valence-corrected chi connectivity index (χ0v) is 12.0. The minimum Gasteiger partial charge on any atom is -0.494 e. The first-order valence-electron chi connectivity index (χ1n) is 6.67. The minimum atomic E-state index is -0.743. The molecule has 0 heterocycles. The molecule has 0 aliphatic carbocycles. The van der Waals surface area contributed by atoms with Crippen LogP contribution in [-0.4, -0.2) is 31.9 Å². The second-order valence-electron chi connectivity index (χ2n) is 4.43. The Morgan fingerprint density at radius 3 is 2.30 bits per heavy atom. The van der Waals surface area contributed by atoms with Crippen LogP contribution in [0, 0.1) is 0 Å². The molecular weight excluding hydrogens is 260 g/mol. The van der Waals surface area contributed by atoms with Crippen LogP contribution in [0.4, 0.5) is 0 Å². The summed E-state index contributed by atoms with van der Waals surface area (Å²) in [7, 11) is 3.19. The summed E-state index contributed by atoms with van der Waals surface area (Å²) in [5.41, 5.74) is 0.934. The molecule has 0 spiro atoms. The van der Waals surface area contributed by atoms with E-state index in [4.69, 9.17) is 19.3 Å². The number of ether oxygens (including phenoxy) is 3. The van der Waals surface area contributed by atoms with Gasteiger partial charge in [0.2, 0.25) is 0 Å². The molecule has 1 aromatic rings. The third kappa shape index (κ3) is 6.04. The van der Waals surface area contributed by atoms with Crippen molar-refractivity contribution in [3.63, 3.8) is 0 Å². The molecule has 1 rings (SSSR count). The molecule has 0 unspecified atom stereocenters. The van der Waals surface area contributed by atoms with Crippen molar-refractivity contribution in [2.75, 3.05) is 20.8 Å². The van der Waals surface area contributed by atoms with Gasteiger partial charge in [-0.25, -0.2) is 0 Å². The van der Waals surface area contributed by atoms with E-state index in [2.05, 4.69) is 0 Å². The zero-order valence-electron chi connectivity index (χ0n) is 12.0. The van der Waals surface area contributed by atoms with Gasteiger partial charge in [-0.3, -0.25) is 4.79 Å². The highest BCUT2D eigenvalue weighted by atomic mass is 16.7. The third-order valence-corrected chi connectivity index (χ3v) is 2.88. The van der Waals surface area contributed by atoms with Crippen LogP contribution in [0.3, 0.4) is 0 Å². The van der Waals surface area contributed by atoms with Gasteiger partial charge in [0.1, 0.15) is 5.75 Å². The SMILES string of the molecule is COC(OC)c1ccc(OCCCCCC(=O)O)cc1. The molecule has 0 saturated carbocycles. The fourth-order valence-electron chi connectivity index (χ4n) is 1.83. The van der Waals surface area contributed by atoms with Crippen LogP contribution in [0.1, 0.15) is 37.5 Å². The quantitative estimate of drug-likeness (QED) is 0.528. The molecule has 0 bridgehead atoms. The largest absolute Gasteiger partial charge is 0.494 e. The number of carbonyl (C=O) groups is 1. The number of carboxylic acids is 1. The molecule has 0 saturated heterocycles. The van der Waals surface area contributed by atoms with Gasteiger partial charge in [0.15, 0.2) is 6.29 Å². The van der Waals surface area contributed by atoms with E-state index in [1.165, 1.54) is 0 Å². The maximum Gasteiger partial charge on any atom is 0.303 e. The monoisotopic (exact) mass is 282 g/mol. The molecule has 0 fully saturated rings. The topological polar surface area (TPSA) is 65.0 Å². The standard InChI is InChI=1S/C15H22O5/c1-18-15(19-2)12-7-9-13(10-8-12)20-11-5-3-4-6-14(16)17/h7-10,15H,3-6,11H2,1-2H3,(H,16,17). The van der Waals surface area contributed by atoms with E-state index in [1.54, 1.807) is 14.2 Å².